The predicted octanol–water partition coefficient (Wildman–Crippen LogP) is 5.79. The van der Waals surface area contributed by atoms with Crippen LogP contribution in [0.2, 0.25) is 0 Å². The van der Waals surface area contributed by atoms with Crippen LogP contribution in [0.4, 0.5) is 13.2 Å². The number of carbonyl (C=O) groups is 2. The monoisotopic (exact) mass is 718 g/mol. The van der Waals surface area contributed by atoms with Crippen LogP contribution >= 0.6 is 11.3 Å². The van der Waals surface area contributed by atoms with Gasteiger partial charge < -0.3 is 24.1 Å². The van der Waals surface area contributed by atoms with Gasteiger partial charge in [-0.25, -0.2) is 14.6 Å². The lowest BCUT2D eigenvalue weighted by atomic mass is 9.90. The summed E-state index contributed by atoms with van der Waals surface area (Å²) in [6.07, 6.45) is -3.60. The SMILES string of the molecule is CCOC(=O)C1=C(C(F)(F)F)N=c2s/c(=C\c3ccc(OCc4cccc(C(=O)O)c4)c(OC)c3)c(=O)n2[C@@H]1c1c(OC)ccc2ccccc12. The van der Waals surface area contributed by atoms with E-state index in [1.807, 2.05) is 0 Å². The van der Waals surface area contributed by atoms with Gasteiger partial charge in [-0.3, -0.25) is 9.36 Å². The van der Waals surface area contributed by atoms with Crippen LogP contribution < -0.4 is 29.1 Å². The maximum atomic E-state index is 14.7. The van der Waals surface area contributed by atoms with Gasteiger partial charge in [-0.1, -0.05) is 59.9 Å². The minimum Gasteiger partial charge on any atom is -0.496 e. The molecule has 0 amide bonds. The summed E-state index contributed by atoms with van der Waals surface area (Å²) in [5.74, 6) is -1.56. The van der Waals surface area contributed by atoms with Crippen LogP contribution in [0, 0.1) is 0 Å². The molecule has 0 saturated heterocycles. The zero-order valence-corrected chi connectivity index (χ0v) is 28.1. The Hall–Kier alpha value is -5.89. The van der Waals surface area contributed by atoms with Gasteiger partial charge in [0.05, 0.1) is 36.5 Å². The number of nitrogens with zero attached hydrogens (tertiary/aromatic N) is 2. The first-order valence-electron chi connectivity index (χ1n) is 15.4. The van der Waals surface area contributed by atoms with Crippen molar-refractivity contribution >= 4 is 40.1 Å². The Morgan fingerprint density at radius 2 is 1.71 bits per heavy atom. The molecule has 6 rings (SSSR count). The minimum atomic E-state index is -5.08. The third-order valence-corrected chi connectivity index (χ3v) is 9.06. The largest absolute Gasteiger partial charge is 0.496 e. The van der Waals surface area contributed by atoms with Gasteiger partial charge in [-0.2, -0.15) is 13.2 Å². The Labute approximate surface area is 291 Å². The molecule has 1 aliphatic heterocycles. The van der Waals surface area contributed by atoms with Gasteiger partial charge in [-0.05, 0) is 65.2 Å². The number of hydrogen-bond acceptors (Lipinski definition) is 9. The van der Waals surface area contributed by atoms with E-state index in [-0.39, 0.29) is 45.2 Å². The van der Waals surface area contributed by atoms with Crippen molar-refractivity contribution in [3.05, 3.63) is 132 Å². The molecule has 5 aromatic rings. The van der Waals surface area contributed by atoms with Crippen molar-refractivity contribution in [2.45, 2.75) is 25.7 Å². The van der Waals surface area contributed by atoms with Gasteiger partial charge >= 0.3 is 18.1 Å². The first kappa shape index (κ1) is 35.0. The molecular formula is C37H29F3N2O8S. The lowest BCUT2D eigenvalue weighted by molar-refractivity contribution is -0.140. The maximum Gasteiger partial charge on any atom is 0.434 e. The van der Waals surface area contributed by atoms with E-state index in [2.05, 4.69) is 4.99 Å². The summed E-state index contributed by atoms with van der Waals surface area (Å²) in [5, 5.41) is 10.4. The summed E-state index contributed by atoms with van der Waals surface area (Å²) < 4.78 is 67.5. The Morgan fingerprint density at radius 3 is 2.41 bits per heavy atom. The molecule has 10 nitrogen and oxygen atoms in total. The van der Waals surface area contributed by atoms with Crippen molar-refractivity contribution in [3.63, 3.8) is 0 Å². The van der Waals surface area contributed by atoms with Crippen LogP contribution in [0.25, 0.3) is 16.8 Å². The number of fused-ring (bicyclic) bond motifs is 2. The van der Waals surface area contributed by atoms with E-state index in [0.29, 0.717) is 27.6 Å². The second kappa shape index (κ2) is 14.2. The molecule has 4 aromatic carbocycles. The highest BCUT2D eigenvalue weighted by Crippen LogP contribution is 2.43. The summed E-state index contributed by atoms with van der Waals surface area (Å²) in [7, 11) is 2.77. The molecule has 0 saturated carbocycles. The van der Waals surface area contributed by atoms with Gasteiger partial charge in [0.1, 0.15) is 18.4 Å². The molecule has 0 radical (unpaired) electrons. The number of ether oxygens (including phenoxy) is 4. The van der Waals surface area contributed by atoms with E-state index in [4.69, 9.17) is 18.9 Å². The molecular weight excluding hydrogens is 689 g/mol. The number of carboxylic acids is 1. The topological polar surface area (TPSA) is 126 Å². The van der Waals surface area contributed by atoms with Gasteiger partial charge in [0, 0.05) is 5.56 Å². The summed E-state index contributed by atoms with van der Waals surface area (Å²) in [5.41, 5.74) is -1.66. The van der Waals surface area contributed by atoms with Crippen molar-refractivity contribution in [1.29, 1.82) is 0 Å². The number of carbonyl (C=O) groups excluding carboxylic acids is 1. The number of allylic oxidation sites excluding steroid dienone is 1. The van der Waals surface area contributed by atoms with Crippen molar-refractivity contribution in [2.75, 3.05) is 20.8 Å². The van der Waals surface area contributed by atoms with Crippen LogP contribution in [0.1, 0.15) is 40.0 Å². The normalized spacial score (nSPS) is 14.5. The first-order valence-corrected chi connectivity index (χ1v) is 16.3. The molecule has 1 aromatic heterocycles. The summed E-state index contributed by atoms with van der Waals surface area (Å²) in [6, 6.07) is 19.7. The van der Waals surface area contributed by atoms with Gasteiger partial charge in [0.15, 0.2) is 22.0 Å². The summed E-state index contributed by atoms with van der Waals surface area (Å²) in [4.78, 5) is 42.6. The fraction of sp³-hybridized carbons (Fsp3) is 0.189. The Morgan fingerprint density at radius 1 is 0.961 bits per heavy atom. The molecule has 2 heterocycles. The standard InChI is InChI=1S/C37H29F3N2O8S/c1-4-49-35(46)30-31(29-24-11-6-5-9-22(24)13-15-26(29)47-2)42-33(43)28(51-36(42)41-32(30)37(38,39)40)18-20-12-14-25(27(17-20)48-3)50-19-21-8-7-10-23(16-21)34(44)45/h5-18,31H,4,19H2,1-3H3,(H,44,45)/b28-18-/t31-/m1/s1. The predicted molar refractivity (Wildman–Crippen MR) is 182 cm³/mol. The second-order valence-electron chi connectivity index (χ2n) is 11.2. The molecule has 0 aliphatic carbocycles. The van der Waals surface area contributed by atoms with Crippen LogP contribution in [0.3, 0.4) is 0 Å². The molecule has 0 fully saturated rings. The lowest BCUT2D eigenvalue weighted by Gasteiger charge is -2.28. The number of thiazole rings is 1. The highest BCUT2D eigenvalue weighted by atomic mass is 32.1. The molecule has 0 unspecified atom stereocenters. The van der Waals surface area contributed by atoms with Crippen molar-refractivity contribution in [1.82, 2.24) is 4.57 Å². The summed E-state index contributed by atoms with van der Waals surface area (Å²) in [6.45, 7) is 1.29. The van der Waals surface area contributed by atoms with Gasteiger partial charge in [-0.15, -0.1) is 0 Å². The van der Waals surface area contributed by atoms with E-state index in [0.717, 1.165) is 15.9 Å². The highest BCUT2D eigenvalue weighted by molar-refractivity contribution is 7.07. The van der Waals surface area contributed by atoms with Crippen molar-refractivity contribution < 1.29 is 46.8 Å². The van der Waals surface area contributed by atoms with Crippen LogP contribution in [-0.4, -0.2) is 48.6 Å². The number of aromatic carboxylic acids is 1. The fourth-order valence-electron chi connectivity index (χ4n) is 5.85. The average Bonchev–Trinajstić information content (AvgIpc) is 3.43. The van der Waals surface area contributed by atoms with E-state index in [9.17, 15) is 32.7 Å². The number of halogens is 3. The molecule has 0 spiro atoms. The Kier molecular flexibility index (Phi) is 9.70. The molecule has 1 aliphatic rings. The van der Waals surface area contributed by atoms with E-state index < -0.39 is 41.0 Å². The third kappa shape index (κ3) is 6.82. The van der Waals surface area contributed by atoms with Crippen LogP contribution in [-0.2, 0) is 16.1 Å². The number of alkyl halides is 3. The van der Waals surface area contributed by atoms with Crippen molar-refractivity contribution in [3.8, 4) is 17.2 Å². The average molecular weight is 719 g/mol. The molecule has 1 atom stereocenters. The van der Waals surface area contributed by atoms with E-state index in [1.165, 1.54) is 39.4 Å². The van der Waals surface area contributed by atoms with E-state index >= 15 is 0 Å². The smallest absolute Gasteiger partial charge is 0.434 e. The quantitative estimate of drug-likeness (QED) is 0.180. The number of aromatic nitrogens is 1. The Balaban J connectivity index is 1.50. The molecule has 1 N–H and O–H groups in total. The first-order chi connectivity index (χ1) is 24.4. The highest BCUT2D eigenvalue weighted by Gasteiger charge is 2.46. The van der Waals surface area contributed by atoms with Gasteiger partial charge in [0.25, 0.3) is 5.56 Å². The fourth-order valence-corrected chi connectivity index (χ4v) is 6.85. The molecule has 262 valence electrons. The van der Waals surface area contributed by atoms with Gasteiger partial charge in [0.2, 0.25) is 0 Å². The second-order valence-corrected chi connectivity index (χ2v) is 12.2. The number of benzene rings is 4. The molecule has 51 heavy (non-hydrogen) atoms. The molecule has 14 heteroatoms. The zero-order chi connectivity index (χ0) is 36.4. The number of rotatable bonds is 10. The minimum absolute atomic E-state index is 0.0331. The number of hydrogen-bond donors (Lipinski definition) is 1. The number of esters is 1. The van der Waals surface area contributed by atoms with E-state index in [1.54, 1.807) is 66.7 Å². The van der Waals surface area contributed by atoms with Crippen molar-refractivity contribution in [2.24, 2.45) is 4.99 Å². The Bertz CT molecular complexity index is 2400. The maximum absolute atomic E-state index is 14.7. The van der Waals surface area contributed by atoms with Crippen LogP contribution in [0.15, 0.2) is 99.9 Å². The number of methoxy groups -OCH3 is 2. The van der Waals surface area contributed by atoms with Crippen LogP contribution in [0.5, 0.6) is 17.2 Å². The third-order valence-electron chi connectivity index (χ3n) is 8.07. The zero-order valence-electron chi connectivity index (χ0n) is 27.3. The molecule has 0 bridgehead atoms. The lowest BCUT2D eigenvalue weighted by Crippen LogP contribution is -2.41. The number of carboxylic acid groups (broad SMARTS) is 1. The summed E-state index contributed by atoms with van der Waals surface area (Å²) >= 11 is 0.731.